The molecule has 7 heteroatoms. The SMILES string of the molecule is Cc1cc(CNc2nc(C)cc(C(N)=S)n2)on1. The number of nitrogens with one attached hydrogen (secondary N) is 1. The van der Waals surface area contributed by atoms with E-state index < -0.39 is 0 Å². The second kappa shape index (κ2) is 5.09. The molecule has 3 N–H and O–H groups in total. The molecule has 0 unspecified atom stereocenters. The molecule has 0 atom stereocenters. The first kappa shape index (κ1) is 12.4. The number of aryl methyl sites for hydroxylation is 2. The average molecular weight is 263 g/mol. The Labute approximate surface area is 110 Å². The molecule has 0 aromatic carbocycles. The molecule has 6 nitrogen and oxygen atoms in total. The predicted molar refractivity (Wildman–Crippen MR) is 71.2 cm³/mol. The quantitative estimate of drug-likeness (QED) is 0.804. The van der Waals surface area contributed by atoms with Crippen LogP contribution in [0.1, 0.15) is 22.8 Å². The monoisotopic (exact) mass is 263 g/mol. The highest BCUT2D eigenvalue weighted by atomic mass is 32.1. The number of thiocarbonyl (C=S) groups is 1. The van der Waals surface area contributed by atoms with Crippen molar-refractivity contribution < 1.29 is 4.52 Å². The molecule has 0 aliphatic carbocycles. The van der Waals surface area contributed by atoms with Gasteiger partial charge in [0.05, 0.1) is 12.2 Å². The lowest BCUT2D eigenvalue weighted by Crippen LogP contribution is -2.14. The van der Waals surface area contributed by atoms with Crippen LogP contribution in [0.5, 0.6) is 0 Å². The van der Waals surface area contributed by atoms with E-state index in [0.29, 0.717) is 18.2 Å². The molecule has 0 saturated carbocycles. The highest BCUT2D eigenvalue weighted by Gasteiger charge is 2.06. The van der Waals surface area contributed by atoms with Gasteiger partial charge in [-0.05, 0) is 19.9 Å². The van der Waals surface area contributed by atoms with Crippen molar-refractivity contribution in [2.45, 2.75) is 20.4 Å². The number of hydrogen-bond acceptors (Lipinski definition) is 6. The zero-order valence-electron chi connectivity index (χ0n) is 10.1. The summed E-state index contributed by atoms with van der Waals surface area (Å²) < 4.78 is 5.08. The maximum Gasteiger partial charge on any atom is 0.223 e. The molecule has 2 heterocycles. The van der Waals surface area contributed by atoms with Crippen molar-refractivity contribution in [3.63, 3.8) is 0 Å². The third kappa shape index (κ3) is 3.01. The van der Waals surface area contributed by atoms with Crippen molar-refractivity contribution in [3.8, 4) is 0 Å². The average Bonchev–Trinajstić information content (AvgIpc) is 2.72. The minimum absolute atomic E-state index is 0.249. The fourth-order valence-electron chi connectivity index (χ4n) is 1.44. The molecule has 0 fully saturated rings. The van der Waals surface area contributed by atoms with Gasteiger partial charge in [-0.15, -0.1) is 0 Å². The number of nitrogens with two attached hydrogens (primary N) is 1. The van der Waals surface area contributed by atoms with E-state index in [9.17, 15) is 0 Å². The van der Waals surface area contributed by atoms with Crippen LogP contribution in [0.2, 0.25) is 0 Å². The van der Waals surface area contributed by atoms with Gasteiger partial charge < -0.3 is 15.6 Å². The van der Waals surface area contributed by atoms with E-state index >= 15 is 0 Å². The molecule has 0 spiro atoms. The Morgan fingerprint density at radius 2 is 2.11 bits per heavy atom. The van der Waals surface area contributed by atoms with Crippen molar-refractivity contribution >= 4 is 23.2 Å². The third-order valence-electron chi connectivity index (χ3n) is 2.20. The number of nitrogens with zero attached hydrogens (tertiary/aromatic N) is 3. The molecule has 0 bridgehead atoms. The first-order valence-corrected chi connectivity index (χ1v) is 5.77. The van der Waals surface area contributed by atoms with Gasteiger partial charge in [0.2, 0.25) is 5.95 Å². The van der Waals surface area contributed by atoms with Gasteiger partial charge in [-0.1, -0.05) is 17.4 Å². The number of rotatable bonds is 4. The third-order valence-corrected chi connectivity index (χ3v) is 2.41. The molecule has 2 aromatic rings. The first-order valence-electron chi connectivity index (χ1n) is 5.36. The summed E-state index contributed by atoms with van der Waals surface area (Å²) >= 11 is 4.89. The lowest BCUT2D eigenvalue weighted by Gasteiger charge is -2.05. The highest BCUT2D eigenvalue weighted by Crippen LogP contribution is 2.08. The highest BCUT2D eigenvalue weighted by molar-refractivity contribution is 7.80. The summed E-state index contributed by atoms with van der Waals surface area (Å²) in [5.74, 6) is 1.18. The van der Waals surface area contributed by atoms with Gasteiger partial charge >= 0.3 is 0 Å². The number of hydrogen-bond donors (Lipinski definition) is 2. The van der Waals surface area contributed by atoms with Gasteiger partial charge in [0.25, 0.3) is 0 Å². The van der Waals surface area contributed by atoms with Gasteiger partial charge in [0.15, 0.2) is 5.76 Å². The summed E-state index contributed by atoms with van der Waals surface area (Å²) in [5, 5.41) is 6.83. The van der Waals surface area contributed by atoms with Gasteiger partial charge in [-0.25, -0.2) is 9.97 Å². The van der Waals surface area contributed by atoms with Crippen molar-refractivity contribution in [2.75, 3.05) is 5.32 Å². The lowest BCUT2D eigenvalue weighted by atomic mass is 10.3. The summed E-state index contributed by atoms with van der Waals surface area (Å²) in [4.78, 5) is 8.69. The second-order valence-electron chi connectivity index (χ2n) is 3.87. The molecule has 94 valence electrons. The van der Waals surface area contributed by atoms with Gasteiger partial charge in [0.1, 0.15) is 10.7 Å². The van der Waals surface area contributed by atoms with Gasteiger partial charge in [0, 0.05) is 11.8 Å². The Morgan fingerprint density at radius 1 is 1.33 bits per heavy atom. The van der Waals surface area contributed by atoms with Crippen LogP contribution in [0.3, 0.4) is 0 Å². The molecule has 18 heavy (non-hydrogen) atoms. The summed E-state index contributed by atoms with van der Waals surface area (Å²) in [7, 11) is 0. The Balaban J connectivity index is 2.11. The smallest absolute Gasteiger partial charge is 0.223 e. The predicted octanol–water partition coefficient (Wildman–Crippen LogP) is 1.33. The van der Waals surface area contributed by atoms with E-state index in [4.69, 9.17) is 22.5 Å². The molecule has 0 aliphatic rings. The van der Waals surface area contributed by atoms with Crippen LogP contribution < -0.4 is 11.1 Å². The van der Waals surface area contributed by atoms with Crippen LogP contribution in [0, 0.1) is 13.8 Å². The van der Waals surface area contributed by atoms with Crippen LogP contribution in [-0.2, 0) is 6.54 Å². The topological polar surface area (TPSA) is 89.9 Å². The molecule has 0 amide bonds. The van der Waals surface area contributed by atoms with E-state index in [0.717, 1.165) is 17.1 Å². The normalized spacial score (nSPS) is 10.3. The Kier molecular flexibility index (Phi) is 3.52. The largest absolute Gasteiger partial charge is 0.388 e. The standard InChI is InChI=1S/C11H13N5OS/c1-6-4-9(10(12)18)15-11(14-6)13-5-8-3-7(2)16-17-8/h3-4H,5H2,1-2H3,(H2,12,18)(H,13,14,15). The van der Waals surface area contributed by atoms with Crippen molar-refractivity contribution in [2.24, 2.45) is 5.73 Å². The van der Waals surface area contributed by atoms with E-state index in [1.54, 1.807) is 6.07 Å². The van der Waals surface area contributed by atoms with Gasteiger partial charge in [-0.3, -0.25) is 0 Å². The van der Waals surface area contributed by atoms with Gasteiger partial charge in [-0.2, -0.15) is 0 Å². The summed E-state index contributed by atoms with van der Waals surface area (Å²) in [5.41, 5.74) is 7.73. The van der Waals surface area contributed by atoms with E-state index in [-0.39, 0.29) is 4.99 Å². The van der Waals surface area contributed by atoms with Crippen LogP contribution in [0.4, 0.5) is 5.95 Å². The van der Waals surface area contributed by atoms with Crippen LogP contribution >= 0.6 is 12.2 Å². The summed E-state index contributed by atoms with van der Waals surface area (Å²) in [6.45, 7) is 4.18. The molecule has 2 aromatic heterocycles. The zero-order valence-corrected chi connectivity index (χ0v) is 10.9. The van der Waals surface area contributed by atoms with Crippen LogP contribution in [-0.4, -0.2) is 20.1 Å². The first-order chi connectivity index (χ1) is 8.54. The van der Waals surface area contributed by atoms with Crippen molar-refractivity contribution in [3.05, 3.63) is 35.0 Å². The van der Waals surface area contributed by atoms with E-state index in [1.165, 1.54) is 0 Å². The molecule has 2 rings (SSSR count). The minimum atomic E-state index is 0.249. The Hall–Kier alpha value is -2.02. The Bertz CT molecular complexity index is 581. The van der Waals surface area contributed by atoms with Crippen molar-refractivity contribution in [1.29, 1.82) is 0 Å². The molecule has 0 radical (unpaired) electrons. The molecule has 0 aliphatic heterocycles. The maximum atomic E-state index is 5.55. The summed E-state index contributed by atoms with van der Waals surface area (Å²) in [6.07, 6.45) is 0. The maximum absolute atomic E-state index is 5.55. The summed E-state index contributed by atoms with van der Waals surface area (Å²) in [6, 6.07) is 3.59. The fraction of sp³-hybridized carbons (Fsp3) is 0.273. The molecule has 0 saturated heterocycles. The number of aromatic nitrogens is 3. The fourth-order valence-corrected chi connectivity index (χ4v) is 1.54. The van der Waals surface area contributed by atoms with Crippen LogP contribution in [0.25, 0.3) is 0 Å². The Morgan fingerprint density at radius 3 is 2.72 bits per heavy atom. The van der Waals surface area contributed by atoms with Crippen LogP contribution in [0.15, 0.2) is 16.7 Å². The second-order valence-corrected chi connectivity index (χ2v) is 4.31. The van der Waals surface area contributed by atoms with E-state index in [2.05, 4.69) is 20.4 Å². The zero-order chi connectivity index (χ0) is 13.1. The molecular formula is C11H13N5OS. The minimum Gasteiger partial charge on any atom is -0.388 e. The lowest BCUT2D eigenvalue weighted by molar-refractivity contribution is 0.384. The van der Waals surface area contributed by atoms with E-state index in [1.807, 2.05) is 19.9 Å². The number of anilines is 1. The molecular weight excluding hydrogens is 250 g/mol. The van der Waals surface area contributed by atoms with Crippen molar-refractivity contribution in [1.82, 2.24) is 15.1 Å².